The van der Waals surface area contributed by atoms with Gasteiger partial charge in [-0.05, 0) is 68.7 Å². The minimum absolute atomic E-state index is 0.419. The molecule has 0 radical (unpaired) electrons. The van der Waals surface area contributed by atoms with Crippen LogP contribution in [0.1, 0.15) is 45.5 Å². The smallest absolute Gasteiger partial charge is 0.248 e. The van der Waals surface area contributed by atoms with E-state index < -0.39 is 5.91 Å². The van der Waals surface area contributed by atoms with Crippen LogP contribution in [0.15, 0.2) is 12.1 Å². The van der Waals surface area contributed by atoms with Gasteiger partial charge in [-0.3, -0.25) is 4.79 Å². The summed E-state index contributed by atoms with van der Waals surface area (Å²) in [7, 11) is 6.52. The van der Waals surface area contributed by atoms with Gasteiger partial charge >= 0.3 is 0 Å². The van der Waals surface area contributed by atoms with E-state index in [1.54, 1.807) is 34.5 Å². The molecule has 2 aromatic carbocycles. The molecule has 7 heteroatoms. The van der Waals surface area contributed by atoms with Gasteiger partial charge in [-0.25, -0.2) is 0 Å². The number of methoxy groups -OCH3 is 4. The van der Waals surface area contributed by atoms with Gasteiger partial charge < -0.3 is 29.4 Å². The fourth-order valence-corrected chi connectivity index (χ4v) is 4.62. The van der Waals surface area contributed by atoms with Gasteiger partial charge in [0, 0.05) is 16.7 Å². The quantitative estimate of drug-likeness (QED) is 0.558. The van der Waals surface area contributed by atoms with Crippen molar-refractivity contribution in [1.82, 2.24) is 0 Å². The summed E-state index contributed by atoms with van der Waals surface area (Å²) in [4.78, 5) is 11.5. The SMILES string of the molecule is COc1c2c(c(OC)c(OC)c1OC)CC(CCCOc1ccc(C(N)=O)c(C)c1C)C2. The first kappa shape index (κ1) is 23.6. The van der Waals surface area contributed by atoms with Gasteiger partial charge in [0.25, 0.3) is 0 Å². The van der Waals surface area contributed by atoms with E-state index in [-0.39, 0.29) is 0 Å². The fourth-order valence-electron chi connectivity index (χ4n) is 4.62. The summed E-state index contributed by atoms with van der Waals surface area (Å²) in [6.07, 6.45) is 3.69. The first-order valence-electron chi connectivity index (χ1n) is 10.8. The monoisotopic (exact) mass is 443 g/mol. The molecule has 0 fully saturated rings. The van der Waals surface area contributed by atoms with Gasteiger partial charge in [-0.15, -0.1) is 0 Å². The van der Waals surface area contributed by atoms with Crippen molar-refractivity contribution >= 4 is 5.91 Å². The Morgan fingerprint density at radius 1 is 0.875 bits per heavy atom. The number of fused-ring (bicyclic) bond motifs is 1. The topological polar surface area (TPSA) is 89.2 Å². The lowest BCUT2D eigenvalue weighted by molar-refractivity contribution is 0.0999. The third-order valence-corrected chi connectivity index (χ3v) is 6.35. The molecule has 7 nitrogen and oxygen atoms in total. The van der Waals surface area contributed by atoms with E-state index in [0.29, 0.717) is 29.6 Å². The lowest BCUT2D eigenvalue weighted by Gasteiger charge is -2.19. The Morgan fingerprint density at radius 2 is 1.41 bits per heavy atom. The molecule has 2 aromatic rings. The highest BCUT2D eigenvalue weighted by Crippen LogP contribution is 2.53. The van der Waals surface area contributed by atoms with E-state index in [1.807, 2.05) is 19.9 Å². The molecule has 0 aliphatic heterocycles. The molecule has 1 aliphatic rings. The van der Waals surface area contributed by atoms with Crippen molar-refractivity contribution in [3.8, 4) is 28.7 Å². The number of hydrogen-bond acceptors (Lipinski definition) is 6. The van der Waals surface area contributed by atoms with Gasteiger partial charge in [-0.2, -0.15) is 0 Å². The summed E-state index contributed by atoms with van der Waals surface area (Å²) >= 11 is 0. The summed E-state index contributed by atoms with van der Waals surface area (Å²) in [6.45, 7) is 4.44. The summed E-state index contributed by atoms with van der Waals surface area (Å²) in [5.74, 6) is 3.41. The van der Waals surface area contributed by atoms with Crippen LogP contribution in [0.2, 0.25) is 0 Å². The predicted molar refractivity (Wildman–Crippen MR) is 123 cm³/mol. The third kappa shape index (κ3) is 4.29. The molecule has 0 spiro atoms. The third-order valence-electron chi connectivity index (χ3n) is 6.35. The fraction of sp³-hybridized carbons (Fsp3) is 0.480. The van der Waals surface area contributed by atoms with E-state index in [4.69, 9.17) is 29.4 Å². The average Bonchev–Trinajstić information content (AvgIpc) is 3.20. The number of ether oxygens (including phenoxy) is 5. The molecule has 0 atom stereocenters. The molecule has 2 N–H and O–H groups in total. The van der Waals surface area contributed by atoms with E-state index >= 15 is 0 Å². The van der Waals surface area contributed by atoms with Crippen molar-refractivity contribution in [3.05, 3.63) is 39.9 Å². The predicted octanol–water partition coefficient (Wildman–Crippen LogP) is 4.01. The minimum atomic E-state index is -0.419. The molecule has 1 aliphatic carbocycles. The molecule has 1 amide bonds. The Kier molecular flexibility index (Phi) is 7.38. The van der Waals surface area contributed by atoms with Crippen LogP contribution in [0, 0.1) is 19.8 Å². The van der Waals surface area contributed by atoms with Crippen molar-refractivity contribution in [3.63, 3.8) is 0 Å². The first-order valence-corrected chi connectivity index (χ1v) is 10.8. The van der Waals surface area contributed by atoms with E-state index in [9.17, 15) is 4.79 Å². The van der Waals surface area contributed by atoms with Crippen LogP contribution in [0.3, 0.4) is 0 Å². The van der Waals surface area contributed by atoms with Crippen LogP contribution in [0.25, 0.3) is 0 Å². The van der Waals surface area contributed by atoms with Crippen LogP contribution >= 0.6 is 0 Å². The Labute approximate surface area is 189 Å². The molecule has 0 saturated heterocycles. The van der Waals surface area contributed by atoms with Crippen molar-refractivity contribution in [2.75, 3.05) is 35.0 Å². The van der Waals surface area contributed by atoms with Gasteiger partial charge in [0.05, 0.1) is 35.0 Å². The second kappa shape index (κ2) is 10.0. The highest BCUT2D eigenvalue weighted by atomic mass is 16.5. The van der Waals surface area contributed by atoms with Crippen LogP contribution in [0.5, 0.6) is 28.7 Å². The van der Waals surface area contributed by atoms with Crippen LogP contribution in [0.4, 0.5) is 0 Å². The molecule has 0 aromatic heterocycles. The molecule has 0 saturated carbocycles. The number of primary amides is 1. The van der Waals surface area contributed by atoms with Crippen molar-refractivity contribution in [2.45, 2.75) is 39.5 Å². The summed E-state index contributed by atoms with van der Waals surface area (Å²) < 4.78 is 28.5. The second-order valence-corrected chi connectivity index (χ2v) is 8.08. The standard InChI is InChI=1S/C25H33NO6/c1-14-15(2)20(10-9-17(14)25(26)27)32-11-7-8-16-12-18-19(13-16)22(29-4)24(31-6)23(30-5)21(18)28-3/h9-10,16H,7-8,11-13H2,1-6H3,(H2,26,27). The first-order chi connectivity index (χ1) is 15.4. The number of rotatable bonds is 10. The number of nitrogens with two attached hydrogens (primary N) is 1. The van der Waals surface area contributed by atoms with Crippen LogP contribution in [-0.2, 0) is 12.8 Å². The van der Waals surface area contributed by atoms with Gasteiger partial charge in [0.2, 0.25) is 17.4 Å². The number of carbonyl (C=O) groups is 1. The largest absolute Gasteiger partial charge is 0.493 e. The molecule has 0 unspecified atom stereocenters. The summed E-state index contributed by atoms with van der Waals surface area (Å²) in [5, 5.41) is 0. The maximum absolute atomic E-state index is 11.5. The second-order valence-electron chi connectivity index (χ2n) is 8.08. The lowest BCUT2D eigenvalue weighted by atomic mass is 10.00. The zero-order valence-corrected chi connectivity index (χ0v) is 19.8. The maximum atomic E-state index is 11.5. The number of carbonyl (C=O) groups excluding carboxylic acids is 1. The molecule has 32 heavy (non-hydrogen) atoms. The molecule has 174 valence electrons. The van der Waals surface area contributed by atoms with E-state index in [2.05, 4.69) is 0 Å². The van der Waals surface area contributed by atoms with Crippen molar-refractivity contribution in [2.24, 2.45) is 11.7 Å². The Hall–Kier alpha value is -3.09. The number of hydrogen-bond donors (Lipinski definition) is 1. The highest BCUT2D eigenvalue weighted by molar-refractivity contribution is 5.94. The summed E-state index contributed by atoms with van der Waals surface area (Å²) in [6, 6.07) is 3.55. The van der Waals surface area contributed by atoms with Gasteiger partial charge in [-0.1, -0.05) is 0 Å². The Bertz CT molecular complexity index is 960. The molecular formula is C25H33NO6. The van der Waals surface area contributed by atoms with Gasteiger partial charge in [0.1, 0.15) is 5.75 Å². The van der Waals surface area contributed by atoms with Crippen molar-refractivity contribution < 1.29 is 28.5 Å². The number of amides is 1. The number of benzene rings is 2. The average molecular weight is 444 g/mol. The highest BCUT2D eigenvalue weighted by Gasteiger charge is 2.33. The zero-order chi connectivity index (χ0) is 23.4. The van der Waals surface area contributed by atoms with E-state index in [0.717, 1.165) is 65.2 Å². The lowest BCUT2D eigenvalue weighted by Crippen LogP contribution is -2.13. The minimum Gasteiger partial charge on any atom is -0.493 e. The zero-order valence-electron chi connectivity index (χ0n) is 19.8. The Balaban J connectivity index is 1.67. The van der Waals surface area contributed by atoms with E-state index in [1.165, 1.54) is 0 Å². The normalized spacial score (nSPS) is 12.9. The maximum Gasteiger partial charge on any atom is 0.248 e. The van der Waals surface area contributed by atoms with Gasteiger partial charge in [0.15, 0.2) is 11.5 Å². The molecule has 3 rings (SSSR count). The van der Waals surface area contributed by atoms with Crippen LogP contribution < -0.4 is 29.4 Å². The van der Waals surface area contributed by atoms with Crippen molar-refractivity contribution in [1.29, 1.82) is 0 Å². The molecule has 0 bridgehead atoms. The summed E-state index contributed by atoms with van der Waals surface area (Å²) in [5.41, 5.74) is 10.0. The Morgan fingerprint density at radius 3 is 1.88 bits per heavy atom. The molecule has 0 heterocycles. The van der Waals surface area contributed by atoms with Crippen LogP contribution in [-0.4, -0.2) is 41.0 Å². The molecular weight excluding hydrogens is 410 g/mol.